The maximum absolute atomic E-state index is 12.4. The molecule has 30 heavy (non-hydrogen) atoms. The molecule has 1 aromatic carbocycles. The maximum Gasteiger partial charge on any atom is 0.408 e. The number of rotatable bonds is 3. The summed E-state index contributed by atoms with van der Waals surface area (Å²) in [5, 5.41) is 3.18. The molecular formula is C18H21Cl2N3O5S2. The number of hydrogen-bond donors (Lipinski definition) is 1. The number of alkyl carbamates (subject to hydrolysis) is 1. The largest absolute Gasteiger partial charge is 0.444 e. The van der Waals surface area contributed by atoms with Gasteiger partial charge in [0.1, 0.15) is 12.1 Å². The molecule has 2 aliphatic heterocycles. The highest BCUT2D eigenvalue weighted by atomic mass is 35.5. The van der Waals surface area contributed by atoms with Crippen LogP contribution in [0.15, 0.2) is 23.2 Å². The average molecular weight is 494 g/mol. The van der Waals surface area contributed by atoms with Crippen LogP contribution in [0, 0.1) is 0 Å². The zero-order valence-corrected chi connectivity index (χ0v) is 19.7. The molecule has 12 heteroatoms. The van der Waals surface area contributed by atoms with Crippen LogP contribution in [0.1, 0.15) is 20.8 Å². The number of amides is 2. The molecule has 8 nitrogen and oxygen atoms in total. The second kappa shape index (κ2) is 8.57. The third kappa shape index (κ3) is 5.60. The van der Waals surface area contributed by atoms with Crippen LogP contribution in [0.5, 0.6) is 0 Å². The fourth-order valence-corrected chi connectivity index (χ4v) is 7.42. The van der Waals surface area contributed by atoms with Gasteiger partial charge in [0.05, 0.1) is 28.3 Å². The Morgan fingerprint density at radius 1 is 1.30 bits per heavy atom. The number of amidine groups is 1. The number of sulfone groups is 1. The smallest absolute Gasteiger partial charge is 0.408 e. The Morgan fingerprint density at radius 3 is 2.67 bits per heavy atom. The molecule has 2 heterocycles. The Bertz CT molecular complexity index is 1010. The van der Waals surface area contributed by atoms with E-state index in [9.17, 15) is 18.0 Å². The monoisotopic (exact) mass is 493 g/mol. The Morgan fingerprint density at radius 2 is 2.00 bits per heavy atom. The predicted molar refractivity (Wildman–Crippen MR) is 119 cm³/mol. The SMILES string of the molecule is CC(C)(C)OC(=O)NCC(=O)N=C1S[C@@H]2CS(=O)(=O)C[C@H]2N1c1cc(Cl)ccc1Cl. The number of aliphatic imine (C=N–C) groups is 1. The zero-order valence-electron chi connectivity index (χ0n) is 16.5. The molecule has 0 spiro atoms. The first-order valence-corrected chi connectivity index (χ1v) is 12.5. The summed E-state index contributed by atoms with van der Waals surface area (Å²) >= 11 is 13.6. The third-order valence-corrected chi connectivity index (χ3v) is 8.00. The molecule has 2 aliphatic rings. The summed E-state index contributed by atoms with van der Waals surface area (Å²) in [7, 11) is -3.21. The summed E-state index contributed by atoms with van der Waals surface area (Å²) in [6.45, 7) is 4.78. The molecule has 0 radical (unpaired) electrons. The molecule has 0 aromatic heterocycles. The van der Waals surface area contributed by atoms with Crippen LogP contribution in [-0.2, 0) is 19.4 Å². The molecule has 0 bridgehead atoms. The highest BCUT2D eigenvalue weighted by Crippen LogP contribution is 2.43. The lowest BCUT2D eigenvalue weighted by Gasteiger charge is -2.25. The summed E-state index contributed by atoms with van der Waals surface area (Å²) in [5.74, 6) is -0.689. The van der Waals surface area contributed by atoms with Crippen molar-refractivity contribution in [2.75, 3.05) is 23.0 Å². The van der Waals surface area contributed by atoms with Gasteiger partial charge in [-0.1, -0.05) is 35.0 Å². The minimum absolute atomic E-state index is 0.0135. The zero-order chi connectivity index (χ0) is 22.3. The van der Waals surface area contributed by atoms with Crippen LogP contribution in [0.3, 0.4) is 0 Å². The van der Waals surface area contributed by atoms with Gasteiger partial charge in [-0.15, -0.1) is 0 Å². The van der Waals surface area contributed by atoms with Crippen LogP contribution < -0.4 is 10.2 Å². The summed E-state index contributed by atoms with van der Waals surface area (Å²) in [6, 6.07) is 4.41. The first-order valence-electron chi connectivity index (χ1n) is 9.04. The molecule has 164 valence electrons. The lowest BCUT2D eigenvalue weighted by molar-refractivity contribution is -0.117. The van der Waals surface area contributed by atoms with Gasteiger partial charge in [0.2, 0.25) is 0 Å². The van der Waals surface area contributed by atoms with Crippen molar-refractivity contribution >= 4 is 67.7 Å². The molecule has 2 fully saturated rings. The van der Waals surface area contributed by atoms with E-state index < -0.39 is 33.5 Å². The molecule has 0 aliphatic carbocycles. The normalized spacial score (nSPS) is 24.0. The summed E-state index contributed by atoms with van der Waals surface area (Å²) < 4.78 is 29.3. The van der Waals surface area contributed by atoms with Gasteiger partial charge in [-0.25, -0.2) is 13.2 Å². The molecule has 2 amide bonds. The van der Waals surface area contributed by atoms with Crippen LogP contribution in [0.4, 0.5) is 10.5 Å². The quantitative estimate of drug-likeness (QED) is 0.689. The van der Waals surface area contributed by atoms with Gasteiger partial charge in [-0.3, -0.25) is 4.79 Å². The van der Waals surface area contributed by atoms with E-state index in [0.717, 1.165) is 0 Å². The Labute approximate surface area is 189 Å². The number of benzene rings is 1. The van der Waals surface area contributed by atoms with Crippen molar-refractivity contribution in [1.29, 1.82) is 0 Å². The topological polar surface area (TPSA) is 105 Å². The number of ether oxygens (including phenoxy) is 1. The maximum atomic E-state index is 12.4. The fraction of sp³-hybridized carbons (Fsp3) is 0.500. The molecule has 1 N–H and O–H groups in total. The van der Waals surface area contributed by atoms with Crippen molar-refractivity contribution in [3.63, 3.8) is 0 Å². The van der Waals surface area contributed by atoms with Crippen LogP contribution in [-0.4, -0.2) is 60.5 Å². The highest BCUT2D eigenvalue weighted by Gasteiger charge is 2.49. The van der Waals surface area contributed by atoms with E-state index in [1.807, 2.05) is 0 Å². The van der Waals surface area contributed by atoms with E-state index in [1.54, 1.807) is 43.9 Å². The molecule has 2 atom stereocenters. The van der Waals surface area contributed by atoms with E-state index in [-0.39, 0.29) is 23.3 Å². The van der Waals surface area contributed by atoms with E-state index in [4.69, 9.17) is 27.9 Å². The number of hydrogen-bond acceptors (Lipinski definition) is 6. The summed E-state index contributed by atoms with van der Waals surface area (Å²) in [4.78, 5) is 29.9. The van der Waals surface area contributed by atoms with Gasteiger partial charge in [0, 0.05) is 10.3 Å². The Kier molecular flexibility index (Phi) is 6.62. The Balaban J connectivity index is 1.83. The van der Waals surface area contributed by atoms with Crippen molar-refractivity contribution in [3.05, 3.63) is 28.2 Å². The first kappa shape index (κ1) is 23.2. The number of nitrogens with one attached hydrogen (secondary N) is 1. The predicted octanol–water partition coefficient (Wildman–Crippen LogP) is 3.12. The Hall–Kier alpha value is -1.49. The average Bonchev–Trinajstić information content (AvgIpc) is 3.04. The lowest BCUT2D eigenvalue weighted by Crippen LogP contribution is -2.39. The molecule has 0 unspecified atom stereocenters. The van der Waals surface area contributed by atoms with E-state index >= 15 is 0 Å². The van der Waals surface area contributed by atoms with Crippen molar-refractivity contribution in [2.24, 2.45) is 4.99 Å². The van der Waals surface area contributed by atoms with Crippen molar-refractivity contribution < 1.29 is 22.7 Å². The summed E-state index contributed by atoms with van der Waals surface area (Å²) in [6.07, 6.45) is -0.729. The third-order valence-electron chi connectivity index (χ3n) is 4.24. The van der Waals surface area contributed by atoms with Crippen LogP contribution in [0.2, 0.25) is 10.0 Å². The molecule has 2 saturated heterocycles. The fourth-order valence-electron chi connectivity index (χ4n) is 3.12. The van der Waals surface area contributed by atoms with Crippen molar-refractivity contribution in [2.45, 2.75) is 37.7 Å². The number of fused-ring (bicyclic) bond motifs is 1. The van der Waals surface area contributed by atoms with Gasteiger partial charge in [-0.2, -0.15) is 4.99 Å². The minimum Gasteiger partial charge on any atom is -0.444 e. The lowest BCUT2D eigenvalue weighted by atomic mass is 10.2. The standard InChI is InChI=1S/C18H21Cl2N3O5S2/c1-18(2,3)28-17(25)21-7-15(24)22-16-23(12-6-10(19)4-5-11(12)20)13-8-30(26,27)9-14(13)29-16/h4-6,13-14H,7-9H2,1-3H3,(H,21,25)/t13-,14-/m1/s1. The van der Waals surface area contributed by atoms with E-state index in [2.05, 4.69) is 10.3 Å². The molecule has 3 rings (SSSR count). The number of carbonyl (C=O) groups excluding carboxylic acids is 2. The second-order valence-corrected chi connectivity index (χ2v) is 12.1. The second-order valence-electron chi connectivity index (χ2n) is 7.91. The number of anilines is 1. The van der Waals surface area contributed by atoms with E-state index in [1.165, 1.54) is 11.8 Å². The number of carbonyl (C=O) groups is 2. The molecule has 1 aromatic rings. The molecule has 0 saturated carbocycles. The minimum atomic E-state index is -3.21. The van der Waals surface area contributed by atoms with Gasteiger partial charge in [-0.05, 0) is 39.0 Å². The molecular weight excluding hydrogens is 473 g/mol. The van der Waals surface area contributed by atoms with Gasteiger partial charge < -0.3 is 15.0 Å². The van der Waals surface area contributed by atoms with Gasteiger partial charge in [0.25, 0.3) is 5.91 Å². The highest BCUT2D eigenvalue weighted by molar-refractivity contribution is 8.16. The van der Waals surface area contributed by atoms with Gasteiger partial charge >= 0.3 is 6.09 Å². The van der Waals surface area contributed by atoms with Crippen LogP contribution >= 0.6 is 35.0 Å². The van der Waals surface area contributed by atoms with Crippen molar-refractivity contribution in [3.8, 4) is 0 Å². The first-order chi connectivity index (χ1) is 13.8. The van der Waals surface area contributed by atoms with Crippen LogP contribution in [0.25, 0.3) is 0 Å². The van der Waals surface area contributed by atoms with E-state index in [0.29, 0.717) is 20.9 Å². The van der Waals surface area contributed by atoms with Gasteiger partial charge in [0.15, 0.2) is 15.0 Å². The number of thioether (sulfide) groups is 1. The number of halogens is 2. The number of nitrogens with zero attached hydrogens (tertiary/aromatic N) is 2. The van der Waals surface area contributed by atoms with Crippen molar-refractivity contribution in [1.82, 2.24) is 5.32 Å². The summed E-state index contributed by atoms with van der Waals surface area (Å²) in [5.41, 5.74) is -0.212.